The Kier molecular flexibility index (Phi) is 6.06. The molecule has 1 N–H and O–H groups in total. The molecule has 0 bridgehead atoms. The average molecular weight is 538 g/mol. The maximum Gasteiger partial charge on any atom is 0.279 e. The lowest BCUT2D eigenvalue weighted by Crippen LogP contribution is -2.20. The fourth-order valence-electron chi connectivity index (χ4n) is 5.04. The Balaban J connectivity index is 1.41. The van der Waals surface area contributed by atoms with Crippen molar-refractivity contribution in [2.75, 3.05) is 0 Å². The molecule has 0 unspecified atom stereocenters. The summed E-state index contributed by atoms with van der Waals surface area (Å²) in [6, 6.07) is 17.7. The van der Waals surface area contributed by atoms with E-state index in [4.69, 9.17) is 4.74 Å². The van der Waals surface area contributed by atoms with Crippen molar-refractivity contribution in [3.8, 4) is 39.4 Å². The smallest absolute Gasteiger partial charge is 0.279 e. The van der Waals surface area contributed by atoms with Crippen LogP contribution in [0.15, 0.2) is 77.7 Å². The topological polar surface area (TPSA) is 77.7 Å². The molecule has 0 atom stereocenters. The van der Waals surface area contributed by atoms with Gasteiger partial charge in [-0.25, -0.2) is 13.5 Å². The van der Waals surface area contributed by atoms with Crippen LogP contribution in [-0.4, -0.2) is 24.5 Å². The van der Waals surface area contributed by atoms with E-state index >= 15 is 4.39 Å². The first-order chi connectivity index (χ1) is 19.2. The first-order valence-corrected chi connectivity index (χ1v) is 12.6. The summed E-state index contributed by atoms with van der Waals surface area (Å²) in [7, 11) is 1.73. The van der Waals surface area contributed by atoms with Crippen LogP contribution in [0.1, 0.15) is 17.1 Å². The maximum absolute atomic E-state index is 15.6. The maximum atomic E-state index is 15.6. The third-order valence-corrected chi connectivity index (χ3v) is 7.00. The number of aromatic nitrogens is 5. The van der Waals surface area contributed by atoms with Gasteiger partial charge < -0.3 is 4.74 Å². The number of nitrogens with one attached hydrogen (secondary N) is 1. The molecule has 0 aliphatic heterocycles. The van der Waals surface area contributed by atoms with E-state index in [-0.39, 0.29) is 11.3 Å². The number of H-pyrrole nitrogens is 1. The number of ether oxygens (including phenoxy) is 1. The van der Waals surface area contributed by atoms with Crippen molar-refractivity contribution in [2.45, 2.75) is 20.8 Å². The molecule has 0 aliphatic carbocycles. The van der Waals surface area contributed by atoms with Gasteiger partial charge in [0.2, 0.25) is 0 Å². The van der Waals surface area contributed by atoms with Crippen LogP contribution in [0, 0.1) is 32.4 Å². The number of pyridine rings is 1. The highest BCUT2D eigenvalue weighted by atomic mass is 19.1. The van der Waals surface area contributed by atoms with Gasteiger partial charge in [0.25, 0.3) is 5.56 Å². The van der Waals surface area contributed by atoms with Gasteiger partial charge in [-0.15, -0.1) is 0 Å². The van der Waals surface area contributed by atoms with Gasteiger partial charge >= 0.3 is 0 Å². The van der Waals surface area contributed by atoms with E-state index in [1.807, 2.05) is 38.1 Å². The van der Waals surface area contributed by atoms with Gasteiger partial charge in [-0.3, -0.25) is 19.6 Å². The highest BCUT2D eigenvalue weighted by molar-refractivity contribution is 5.88. The normalized spacial score (nSPS) is 11.3. The molecule has 9 heteroatoms. The van der Waals surface area contributed by atoms with E-state index in [0.717, 1.165) is 33.4 Å². The Morgan fingerprint density at radius 2 is 1.57 bits per heavy atom. The monoisotopic (exact) mass is 537 g/mol. The highest BCUT2D eigenvalue weighted by Gasteiger charge is 2.20. The molecule has 0 amide bonds. The molecule has 0 aliphatic rings. The summed E-state index contributed by atoms with van der Waals surface area (Å²) >= 11 is 0. The Morgan fingerprint density at radius 3 is 2.27 bits per heavy atom. The molecule has 7 nitrogen and oxygen atoms in total. The van der Waals surface area contributed by atoms with Crippen LogP contribution in [-0.2, 0) is 7.05 Å². The largest absolute Gasteiger partial charge is 0.454 e. The van der Waals surface area contributed by atoms with Crippen molar-refractivity contribution >= 4 is 10.9 Å². The molecule has 0 saturated carbocycles. The van der Waals surface area contributed by atoms with Crippen LogP contribution >= 0.6 is 0 Å². The van der Waals surface area contributed by atoms with Gasteiger partial charge in [0.15, 0.2) is 11.6 Å². The lowest BCUT2D eigenvalue weighted by Gasteiger charge is -2.14. The van der Waals surface area contributed by atoms with Gasteiger partial charge in [-0.2, -0.15) is 5.10 Å². The first-order valence-electron chi connectivity index (χ1n) is 12.6. The van der Waals surface area contributed by atoms with Crippen molar-refractivity contribution in [2.24, 2.45) is 7.05 Å². The molecule has 3 aromatic heterocycles. The fraction of sp³-hybridized carbons (Fsp3) is 0.129. The number of nitrogens with zero attached hydrogens (tertiary/aromatic N) is 4. The van der Waals surface area contributed by atoms with Crippen LogP contribution < -0.4 is 10.3 Å². The fourth-order valence-corrected chi connectivity index (χ4v) is 5.04. The van der Waals surface area contributed by atoms with E-state index in [0.29, 0.717) is 28.3 Å². The number of fused-ring (bicyclic) bond motifs is 1. The second-order valence-electron chi connectivity index (χ2n) is 9.77. The van der Waals surface area contributed by atoms with Crippen molar-refractivity contribution in [1.82, 2.24) is 24.5 Å². The third-order valence-electron chi connectivity index (χ3n) is 7.00. The predicted octanol–water partition coefficient (Wildman–Crippen LogP) is 6.78. The number of aromatic amines is 1. The second kappa shape index (κ2) is 9.60. The number of benzene rings is 3. The lowest BCUT2D eigenvalue weighted by molar-refractivity contribution is 0.444. The standard InChI is InChI=1S/C31H25F2N5O2/c1-17-11-21(12-18(2)35-17)25-15-27-22(16-34-36-27)14-29(25)40-28-10-5-20(13-26(28)33)30-19(3)37(4)38(31(30)39)24-8-6-23(32)7-9-24/h5-16H,1-4H3,(H,34,36). The molecule has 6 aromatic rings. The predicted molar refractivity (Wildman–Crippen MR) is 150 cm³/mol. The summed E-state index contributed by atoms with van der Waals surface area (Å²) in [6.45, 7) is 5.61. The molecule has 3 heterocycles. The van der Waals surface area contributed by atoms with Crippen molar-refractivity contribution < 1.29 is 13.5 Å². The molecule has 0 fully saturated rings. The summed E-state index contributed by atoms with van der Waals surface area (Å²) in [4.78, 5) is 17.9. The van der Waals surface area contributed by atoms with Gasteiger partial charge in [0, 0.05) is 35.1 Å². The molecule has 200 valence electrons. The van der Waals surface area contributed by atoms with Crippen molar-refractivity contribution in [3.05, 3.63) is 112 Å². The molecule has 40 heavy (non-hydrogen) atoms. The van der Waals surface area contributed by atoms with E-state index in [2.05, 4.69) is 15.2 Å². The minimum Gasteiger partial charge on any atom is -0.454 e. The van der Waals surface area contributed by atoms with Gasteiger partial charge in [-0.1, -0.05) is 6.07 Å². The second-order valence-corrected chi connectivity index (χ2v) is 9.77. The Morgan fingerprint density at radius 1 is 0.850 bits per heavy atom. The zero-order valence-corrected chi connectivity index (χ0v) is 22.3. The zero-order chi connectivity index (χ0) is 28.1. The van der Waals surface area contributed by atoms with E-state index in [1.54, 1.807) is 30.9 Å². The van der Waals surface area contributed by atoms with E-state index < -0.39 is 11.6 Å². The van der Waals surface area contributed by atoms with Crippen LogP contribution in [0.4, 0.5) is 8.78 Å². The molecule has 0 saturated heterocycles. The minimum atomic E-state index is -0.617. The molecule has 0 spiro atoms. The quantitative estimate of drug-likeness (QED) is 0.263. The summed E-state index contributed by atoms with van der Waals surface area (Å²) in [6.07, 6.45) is 1.68. The van der Waals surface area contributed by atoms with Crippen LogP contribution in [0.25, 0.3) is 38.8 Å². The average Bonchev–Trinajstić information content (AvgIpc) is 3.46. The van der Waals surface area contributed by atoms with Crippen molar-refractivity contribution in [3.63, 3.8) is 0 Å². The SMILES string of the molecule is Cc1cc(-c2cc3[nH]ncc3cc2Oc2ccc(-c3c(C)n(C)n(-c4ccc(F)cc4)c3=O)cc2F)cc(C)n1. The number of aryl methyl sites for hydroxylation is 2. The Hall–Kier alpha value is -5.05. The molecule has 6 rings (SSSR count). The Bertz CT molecular complexity index is 1950. The van der Waals surface area contributed by atoms with Crippen LogP contribution in [0.5, 0.6) is 11.5 Å². The summed E-state index contributed by atoms with van der Waals surface area (Å²) in [5.41, 5.74) is 5.74. The highest BCUT2D eigenvalue weighted by Crippen LogP contribution is 2.38. The van der Waals surface area contributed by atoms with Gasteiger partial charge in [0.1, 0.15) is 11.6 Å². The zero-order valence-electron chi connectivity index (χ0n) is 22.3. The number of rotatable bonds is 5. The van der Waals surface area contributed by atoms with Gasteiger partial charge in [-0.05, 0) is 92.6 Å². The third kappa shape index (κ3) is 4.35. The van der Waals surface area contributed by atoms with Gasteiger partial charge in [0.05, 0.1) is 23.0 Å². The van der Waals surface area contributed by atoms with Crippen LogP contribution in [0.3, 0.4) is 0 Å². The number of hydrogen-bond acceptors (Lipinski definition) is 4. The summed E-state index contributed by atoms with van der Waals surface area (Å²) in [5, 5.41) is 7.90. The van der Waals surface area contributed by atoms with E-state index in [1.165, 1.54) is 41.1 Å². The van der Waals surface area contributed by atoms with Crippen molar-refractivity contribution in [1.29, 1.82) is 0 Å². The Labute approximate surface area is 228 Å². The molecular weight excluding hydrogens is 512 g/mol. The lowest BCUT2D eigenvalue weighted by atomic mass is 10.0. The number of hydrogen-bond donors (Lipinski definition) is 1. The molecule has 0 radical (unpaired) electrons. The summed E-state index contributed by atoms with van der Waals surface area (Å²) < 4.78 is 38.3. The van der Waals surface area contributed by atoms with Crippen LogP contribution in [0.2, 0.25) is 0 Å². The molecular formula is C31H25F2N5O2. The first kappa shape index (κ1) is 25.2. The molecule has 3 aromatic carbocycles. The summed E-state index contributed by atoms with van der Waals surface area (Å²) in [5.74, 6) is -0.540. The van der Waals surface area contributed by atoms with E-state index in [9.17, 15) is 9.18 Å². The number of halogens is 2. The minimum absolute atomic E-state index is 0.0165.